The van der Waals surface area contributed by atoms with Crippen molar-refractivity contribution in [1.29, 1.82) is 0 Å². The molecule has 17 heavy (non-hydrogen) atoms. The Morgan fingerprint density at radius 3 is 2.00 bits per heavy atom. The third-order valence-corrected chi connectivity index (χ3v) is 4.80. The lowest BCUT2D eigenvalue weighted by Crippen LogP contribution is -2.70. The molecule has 1 heterocycles. The van der Waals surface area contributed by atoms with E-state index in [0.717, 1.165) is 32.4 Å². The van der Waals surface area contributed by atoms with Gasteiger partial charge in [-0.2, -0.15) is 0 Å². The van der Waals surface area contributed by atoms with Crippen LogP contribution in [0.3, 0.4) is 0 Å². The van der Waals surface area contributed by atoms with E-state index in [1.165, 1.54) is 25.7 Å². The van der Waals surface area contributed by atoms with Crippen molar-refractivity contribution in [2.45, 2.75) is 64.3 Å². The van der Waals surface area contributed by atoms with Crippen LogP contribution in [0.1, 0.15) is 58.8 Å². The maximum atomic E-state index is 11.4. The van der Waals surface area contributed by atoms with E-state index in [0.29, 0.717) is 5.41 Å². The fourth-order valence-electron chi connectivity index (χ4n) is 3.75. The predicted octanol–water partition coefficient (Wildman–Crippen LogP) is 2.90. The van der Waals surface area contributed by atoms with Crippen LogP contribution in [0.25, 0.3) is 0 Å². The molecule has 1 aliphatic carbocycles. The summed E-state index contributed by atoms with van der Waals surface area (Å²) in [6.45, 7) is 6.49. The van der Waals surface area contributed by atoms with Crippen LogP contribution in [0.15, 0.2) is 0 Å². The average Bonchev–Trinajstić information content (AvgIpc) is 2.13. The standard InChI is InChI=1S/C14H25NO2/c1-3-6-13(7-4-2)10-15(11-13)14(12(16)17)8-5-9-14/h3-11H2,1-2H3,(H,16,17). The van der Waals surface area contributed by atoms with Gasteiger partial charge in [0.2, 0.25) is 0 Å². The first-order valence-electron chi connectivity index (χ1n) is 7.07. The van der Waals surface area contributed by atoms with Crippen molar-refractivity contribution < 1.29 is 9.90 Å². The summed E-state index contributed by atoms with van der Waals surface area (Å²) in [5.41, 5.74) is -0.0491. The highest BCUT2D eigenvalue weighted by Crippen LogP contribution is 2.49. The van der Waals surface area contributed by atoms with E-state index in [4.69, 9.17) is 0 Å². The van der Waals surface area contributed by atoms with Crippen molar-refractivity contribution in [3.63, 3.8) is 0 Å². The first kappa shape index (κ1) is 12.9. The van der Waals surface area contributed by atoms with E-state index in [9.17, 15) is 9.90 Å². The Morgan fingerprint density at radius 1 is 1.18 bits per heavy atom. The summed E-state index contributed by atoms with van der Waals surface area (Å²) in [7, 11) is 0. The van der Waals surface area contributed by atoms with Gasteiger partial charge >= 0.3 is 5.97 Å². The Kier molecular flexibility index (Phi) is 3.48. The molecule has 1 N–H and O–H groups in total. The van der Waals surface area contributed by atoms with Gasteiger partial charge in [-0.15, -0.1) is 0 Å². The van der Waals surface area contributed by atoms with Crippen molar-refractivity contribution >= 4 is 5.97 Å². The summed E-state index contributed by atoms with van der Waals surface area (Å²) in [5.74, 6) is -0.592. The number of rotatable bonds is 6. The van der Waals surface area contributed by atoms with Crippen LogP contribution >= 0.6 is 0 Å². The molecule has 3 heteroatoms. The van der Waals surface area contributed by atoms with Crippen molar-refractivity contribution in [2.24, 2.45) is 5.41 Å². The molecule has 1 saturated heterocycles. The van der Waals surface area contributed by atoms with E-state index < -0.39 is 11.5 Å². The maximum Gasteiger partial charge on any atom is 0.324 e. The van der Waals surface area contributed by atoms with Crippen LogP contribution in [0.2, 0.25) is 0 Å². The summed E-state index contributed by atoms with van der Waals surface area (Å²) in [5, 5.41) is 9.41. The minimum atomic E-state index is -0.592. The second-order valence-electron chi connectivity index (χ2n) is 6.05. The number of aliphatic carboxylic acids is 1. The molecule has 2 fully saturated rings. The highest BCUT2D eigenvalue weighted by atomic mass is 16.4. The van der Waals surface area contributed by atoms with Gasteiger partial charge in [0.15, 0.2) is 0 Å². The predicted molar refractivity (Wildman–Crippen MR) is 68.0 cm³/mol. The lowest BCUT2D eigenvalue weighted by molar-refractivity contribution is -0.176. The summed E-state index contributed by atoms with van der Waals surface area (Å²) >= 11 is 0. The number of hydrogen-bond acceptors (Lipinski definition) is 2. The molecule has 98 valence electrons. The first-order chi connectivity index (χ1) is 8.08. The SMILES string of the molecule is CCCC1(CCC)CN(C2(C(=O)O)CCC2)C1. The zero-order valence-corrected chi connectivity index (χ0v) is 11.2. The number of carboxylic acid groups (broad SMARTS) is 1. The molecule has 0 spiro atoms. The van der Waals surface area contributed by atoms with E-state index >= 15 is 0 Å². The molecule has 0 bridgehead atoms. The molecule has 1 aliphatic heterocycles. The van der Waals surface area contributed by atoms with Crippen LogP contribution in [0, 0.1) is 5.41 Å². The summed E-state index contributed by atoms with van der Waals surface area (Å²) in [4.78, 5) is 13.7. The third-order valence-electron chi connectivity index (χ3n) is 4.80. The van der Waals surface area contributed by atoms with Gasteiger partial charge in [0.1, 0.15) is 5.54 Å². The lowest BCUT2D eigenvalue weighted by Gasteiger charge is -2.60. The summed E-state index contributed by atoms with van der Waals surface area (Å²) < 4.78 is 0. The van der Waals surface area contributed by atoms with E-state index in [1.54, 1.807) is 0 Å². The smallest absolute Gasteiger partial charge is 0.324 e. The number of carbonyl (C=O) groups is 1. The Hall–Kier alpha value is -0.570. The van der Waals surface area contributed by atoms with Crippen LogP contribution in [0.4, 0.5) is 0 Å². The van der Waals surface area contributed by atoms with Gasteiger partial charge in [-0.3, -0.25) is 9.69 Å². The fourth-order valence-corrected chi connectivity index (χ4v) is 3.75. The molecule has 0 amide bonds. The monoisotopic (exact) mass is 239 g/mol. The van der Waals surface area contributed by atoms with Crippen LogP contribution in [0.5, 0.6) is 0 Å². The van der Waals surface area contributed by atoms with E-state index in [1.807, 2.05) is 0 Å². The lowest BCUT2D eigenvalue weighted by atomic mass is 9.66. The largest absolute Gasteiger partial charge is 0.480 e. The van der Waals surface area contributed by atoms with Gasteiger partial charge in [-0.1, -0.05) is 26.7 Å². The Bertz CT molecular complexity index is 283. The highest BCUT2D eigenvalue weighted by molar-refractivity contribution is 5.80. The number of nitrogens with zero attached hydrogens (tertiary/aromatic N) is 1. The Balaban J connectivity index is 1.98. The van der Waals surface area contributed by atoms with Crippen LogP contribution in [-0.4, -0.2) is 34.6 Å². The van der Waals surface area contributed by atoms with Crippen molar-refractivity contribution in [1.82, 2.24) is 4.90 Å². The molecular weight excluding hydrogens is 214 g/mol. The van der Waals surface area contributed by atoms with Crippen LogP contribution < -0.4 is 0 Å². The minimum Gasteiger partial charge on any atom is -0.480 e. The Morgan fingerprint density at radius 2 is 1.71 bits per heavy atom. The number of hydrogen-bond donors (Lipinski definition) is 1. The van der Waals surface area contributed by atoms with Gasteiger partial charge in [-0.05, 0) is 37.5 Å². The molecular formula is C14H25NO2. The average molecular weight is 239 g/mol. The zero-order chi connectivity index (χ0) is 12.5. The van der Waals surface area contributed by atoms with Crippen molar-refractivity contribution in [2.75, 3.05) is 13.1 Å². The molecule has 2 aliphatic rings. The summed E-state index contributed by atoms with van der Waals surface area (Å²) in [6, 6.07) is 0. The quantitative estimate of drug-likeness (QED) is 0.774. The molecule has 0 unspecified atom stereocenters. The van der Waals surface area contributed by atoms with Crippen molar-refractivity contribution in [3.05, 3.63) is 0 Å². The third kappa shape index (κ3) is 1.99. The normalized spacial score (nSPS) is 26.0. The van der Waals surface area contributed by atoms with Gasteiger partial charge in [0.25, 0.3) is 0 Å². The second kappa shape index (κ2) is 4.60. The van der Waals surface area contributed by atoms with E-state index in [-0.39, 0.29) is 0 Å². The van der Waals surface area contributed by atoms with Gasteiger partial charge < -0.3 is 5.11 Å². The van der Waals surface area contributed by atoms with E-state index in [2.05, 4.69) is 18.7 Å². The Labute approximate surface area is 104 Å². The molecule has 2 rings (SSSR count). The molecule has 0 atom stereocenters. The topological polar surface area (TPSA) is 40.5 Å². The molecule has 0 aromatic heterocycles. The summed E-state index contributed by atoms with van der Waals surface area (Å²) in [6.07, 6.45) is 7.74. The second-order valence-corrected chi connectivity index (χ2v) is 6.05. The first-order valence-corrected chi connectivity index (χ1v) is 7.07. The van der Waals surface area contributed by atoms with Crippen LogP contribution in [-0.2, 0) is 4.79 Å². The number of carboxylic acids is 1. The molecule has 3 nitrogen and oxygen atoms in total. The molecule has 0 aromatic rings. The number of likely N-dealkylation sites (tertiary alicyclic amines) is 1. The minimum absolute atomic E-state index is 0.432. The van der Waals surface area contributed by atoms with Gasteiger partial charge in [0, 0.05) is 13.1 Å². The van der Waals surface area contributed by atoms with Crippen molar-refractivity contribution in [3.8, 4) is 0 Å². The molecule has 0 radical (unpaired) electrons. The highest BCUT2D eigenvalue weighted by Gasteiger charge is 2.56. The fraction of sp³-hybridized carbons (Fsp3) is 0.929. The molecule has 1 saturated carbocycles. The van der Waals surface area contributed by atoms with Gasteiger partial charge in [0.05, 0.1) is 0 Å². The molecule has 0 aromatic carbocycles. The van der Waals surface area contributed by atoms with Gasteiger partial charge in [-0.25, -0.2) is 0 Å². The zero-order valence-electron chi connectivity index (χ0n) is 11.2. The maximum absolute atomic E-state index is 11.4.